The minimum absolute atomic E-state index is 0.0949. The Hall–Kier alpha value is 0.452. The van der Waals surface area contributed by atoms with Crippen LogP contribution in [0.3, 0.4) is 0 Å². The summed E-state index contributed by atoms with van der Waals surface area (Å²) in [5.41, 5.74) is 0. The van der Waals surface area contributed by atoms with Crippen molar-refractivity contribution in [1.29, 1.82) is 0 Å². The average molecular weight is 101 g/mol. The summed E-state index contributed by atoms with van der Waals surface area (Å²) in [6.45, 7) is 1.82. The van der Waals surface area contributed by atoms with Crippen LogP contribution in [-0.2, 0) is 7.58 Å². The van der Waals surface area contributed by atoms with E-state index in [1.807, 2.05) is 0 Å². The molecule has 1 aliphatic rings. The number of rotatable bonds is 0. The molecule has 0 aromatic carbocycles. The topological polar surface area (TPSA) is 18.5 Å². The predicted molar refractivity (Wildman–Crippen MR) is 22.3 cm³/mol. The molecule has 3 heteroatoms. The van der Waals surface area contributed by atoms with E-state index in [1.165, 1.54) is 0 Å². The average Bonchev–Trinajstić information content (AvgIpc) is 1.72. The summed E-state index contributed by atoms with van der Waals surface area (Å²) in [7, 11) is 0. The van der Waals surface area contributed by atoms with Crippen molar-refractivity contribution in [1.82, 2.24) is 0 Å². The van der Waals surface area contributed by atoms with Crippen molar-refractivity contribution in [2.75, 3.05) is 13.2 Å². The van der Waals surface area contributed by atoms with Crippen molar-refractivity contribution in [2.45, 2.75) is 6.42 Å². The number of hydrogen-bond donors (Lipinski definition) is 0. The van der Waals surface area contributed by atoms with E-state index >= 15 is 0 Å². The van der Waals surface area contributed by atoms with Gasteiger partial charge in [0.15, 0.2) is 0 Å². The third kappa shape index (κ3) is 1.27. The van der Waals surface area contributed by atoms with Crippen LogP contribution in [-0.4, -0.2) is 29.1 Å². The van der Waals surface area contributed by atoms with Gasteiger partial charge in [0, 0.05) is 13.2 Å². The van der Waals surface area contributed by atoms with Crippen LogP contribution in [0.2, 0.25) is 0 Å². The van der Waals surface area contributed by atoms with Gasteiger partial charge in [-0.2, -0.15) is 0 Å². The molecule has 1 rings (SSSR count). The van der Waals surface area contributed by atoms with Gasteiger partial charge in [0.25, 0.3) is 0 Å². The van der Waals surface area contributed by atoms with Crippen molar-refractivity contribution >= 4 is 15.9 Å². The summed E-state index contributed by atoms with van der Waals surface area (Å²) in [6, 6.07) is 0. The first-order chi connectivity index (χ1) is 3.00. The second-order valence-electron chi connectivity index (χ2n) is 1.19. The van der Waals surface area contributed by atoms with Gasteiger partial charge in [-0.15, -0.1) is 0 Å². The third-order valence-electron chi connectivity index (χ3n) is 0.660. The Labute approximate surface area is 43.8 Å². The Balaban J connectivity index is 2.00. The molecule has 0 aromatic rings. The highest BCUT2D eigenvalue weighted by molar-refractivity contribution is 6.18. The molecule has 1 saturated heterocycles. The molecule has 0 N–H and O–H groups in total. The summed E-state index contributed by atoms with van der Waals surface area (Å²) < 4.78 is 9.86. The van der Waals surface area contributed by atoms with Gasteiger partial charge in [0.2, 0.25) is 0 Å². The minimum Gasteiger partial charge on any atom is -0.484 e. The van der Waals surface area contributed by atoms with Crippen LogP contribution in [0.5, 0.6) is 0 Å². The van der Waals surface area contributed by atoms with E-state index in [2.05, 4.69) is 0 Å². The SMILES string of the molecule is C1C[O][Al][O]C1. The smallest absolute Gasteiger partial charge is 0.484 e. The molecule has 0 saturated carbocycles. The molecule has 0 atom stereocenters. The summed E-state index contributed by atoms with van der Waals surface area (Å²) in [4.78, 5) is 0. The highest BCUT2D eigenvalue weighted by atomic mass is 27.2. The monoisotopic (exact) mass is 101 g/mol. The highest BCUT2D eigenvalue weighted by Gasteiger charge is 2.01. The number of hydrogen-bond acceptors (Lipinski definition) is 2. The van der Waals surface area contributed by atoms with E-state index in [0.717, 1.165) is 19.6 Å². The fraction of sp³-hybridized carbons (Fsp3) is 1.00. The maximum absolute atomic E-state index is 4.93. The van der Waals surface area contributed by atoms with E-state index in [0.29, 0.717) is 0 Å². The van der Waals surface area contributed by atoms with Crippen LogP contribution in [0.25, 0.3) is 0 Å². The molecule has 0 aliphatic carbocycles. The maximum Gasteiger partial charge on any atom is 0.668 e. The molecule has 6 heavy (non-hydrogen) atoms. The van der Waals surface area contributed by atoms with Crippen molar-refractivity contribution in [3.05, 3.63) is 0 Å². The molecule has 0 aromatic heterocycles. The summed E-state index contributed by atoms with van der Waals surface area (Å²) in [5.74, 6) is 0. The Morgan fingerprint density at radius 1 is 1.17 bits per heavy atom. The maximum atomic E-state index is 4.93. The van der Waals surface area contributed by atoms with Gasteiger partial charge in [0.1, 0.15) is 0 Å². The summed E-state index contributed by atoms with van der Waals surface area (Å²) in [5, 5.41) is 0. The molecule has 2 nitrogen and oxygen atoms in total. The Bertz CT molecular complexity index is 24.3. The van der Waals surface area contributed by atoms with Crippen LogP contribution in [0, 0.1) is 0 Å². The first-order valence-corrected chi connectivity index (χ1v) is 2.99. The third-order valence-corrected chi connectivity index (χ3v) is 1.40. The first-order valence-electron chi connectivity index (χ1n) is 2.05. The second kappa shape index (κ2) is 2.60. The van der Waals surface area contributed by atoms with Gasteiger partial charge < -0.3 is 7.58 Å². The first kappa shape index (κ1) is 4.61. The van der Waals surface area contributed by atoms with E-state index in [9.17, 15) is 0 Å². The quantitative estimate of drug-likeness (QED) is 0.398. The van der Waals surface area contributed by atoms with Gasteiger partial charge >= 0.3 is 15.9 Å². The lowest BCUT2D eigenvalue weighted by Crippen LogP contribution is -2.14. The standard InChI is InChI=1S/C3H6O2.Al/c4-2-1-3-5;/h1-3H2;/q-2;+2. The lowest BCUT2D eigenvalue weighted by Gasteiger charge is -2.09. The minimum atomic E-state index is -0.0949. The van der Waals surface area contributed by atoms with Crippen LogP contribution in [0.15, 0.2) is 0 Å². The molecule has 33 valence electrons. The molecule has 0 spiro atoms. The lowest BCUT2D eigenvalue weighted by atomic mass is 10.5. The van der Waals surface area contributed by atoms with Crippen LogP contribution in [0.4, 0.5) is 0 Å². The summed E-state index contributed by atoms with van der Waals surface area (Å²) >= 11 is -0.0949. The van der Waals surface area contributed by atoms with Crippen molar-refractivity contribution in [3.8, 4) is 0 Å². The van der Waals surface area contributed by atoms with Crippen LogP contribution >= 0.6 is 0 Å². The molecular formula is C3H6AlO2. The zero-order chi connectivity index (χ0) is 4.24. The zero-order valence-electron chi connectivity index (χ0n) is 3.52. The van der Waals surface area contributed by atoms with Gasteiger partial charge in [-0.05, 0) is 6.42 Å². The molecule has 0 bridgehead atoms. The van der Waals surface area contributed by atoms with Gasteiger partial charge in [-0.3, -0.25) is 0 Å². The predicted octanol–water partition coefficient (Wildman–Crippen LogP) is -0.0425. The molecular weight excluding hydrogens is 95.0 g/mol. The van der Waals surface area contributed by atoms with E-state index in [1.54, 1.807) is 0 Å². The fourth-order valence-electron chi connectivity index (χ4n) is 0.370. The van der Waals surface area contributed by atoms with Crippen molar-refractivity contribution in [2.24, 2.45) is 0 Å². The molecule has 1 heterocycles. The lowest BCUT2D eigenvalue weighted by molar-refractivity contribution is 0.156. The fourth-order valence-corrected chi connectivity index (χ4v) is 0.992. The van der Waals surface area contributed by atoms with Crippen LogP contribution < -0.4 is 0 Å². The summed E-state index contributed by atoms with van der Waals surface area (Å²) in [6.07, 6.45) is 1.08. The molecule has 1 radical (unpaired) electrons. The van der Waals surface area contributed by atoms with Crippen molar-refractivity contribution in [3.63, 3.8) is 0 Å². The van der Waals surface area contributed by atoms with Gasteiger partial charge in [-0.1, -0.05) is 0 Å². The largest absolute Gasteiger partial charge is 0.668 e. The van der Waals surface area contributed by atoms with E-state index in [4.69, 9.17) is 7.58 Å². The van der Waals surface area contributed by atoms with Gasteiger partial charge in [0.05, 0.1) is 0 Å². The molecule has 1 fully saturated rings. The van der Waals surface area contributed by atoms with E-state index in [-0.39, 0.29) is 15.9 Å². The molecule has 0 amide bonds. The van der Waals surface area contributed by atoms with Crippen molar-refractivity contribution < 1.29 is 7.58 Å². The Morgan fingerprint density at radius 3 is 2.00 bits per heavy atom. The Morgan fingerprint density at radius 2 is 1.83 bits per heavy atom. The van der Waals surface area contributed by atoms with Crippen LogP contribution in [0.1, 0.15) is 6.42 Å². The van der Waals surface area contributed by atoms with Gasteiger partial charge in [-0.25, -0.2) is 0 Å². The molecule has 1 aliphatic heterocycles. The van der Waals surface area contributed by atoms with E-state index < -0.39 is 0 Å². The second-order valence-corrected chi connectivity index (χ2v) is 2.05. The Kier molecular flexibility index (Phi) is 1.99. The molecule has 0 unspecified atom stereocenters. The zero-order valence-corrected chi connectivity index (χ0v) is 4.67. The highest BCUT2D eigenvalue weighted by Crippen LogP contribution is 1.89. The normalized spacial score (nSPS) is 22.7.